The van der Waals surface area contributed by atoms with Gasteiger partial charge in [-0.05, 0) is 11.6 Å². The molecular formula is C20H26N6O6S. The summed E-state index contributed by atoms with van der Waals surface area (Å²) in [6, 6.07) is 3.78. The van der Waals surface area contributed by atoms with Crippen molar-refractivity contribution >= 4 is 53.1 Å². The number of aromatic nitrogens is 1. The molecule has 1 heterocycles. The van der Waals surface area contributed by atoms with E-state index in [1.54, 1.807) is 6.20 Å². The highest BCUT2D eigenvalue weighted by atomic mass is 32.1. The molecule has 1 aromatic carbocycles. The zero-order valence-corrected chi connectivity index (χ0v) is 18.4. The van der Waals surface area contributed by atoms with Gasteiger partial charge in [0.1, 0.15) is 18.6 Å². The molecule has 0 saturated carbocycles. The highest BCUT2D eigenvalue weighted by molar-refractivity contribution is 7.80. The summed E-state index contributed by atoms with van der Waals surface area (Å²) >= 11 is 4.06. The number of hydrogen-bond donors (Lipinski definition) is 8. The third-order valence-corrected chi connectivity index (χ3v) is 5.08. The summed E-state index contributed by atoms with van der Waals surface area (Å²) in [4.78, 5) is 62.4. The third kappa shape index (κ3) is 7.50. The number of carboxylic acids is 1. The number of carbonyl (C=O) groups is 5. The molecule has 12 nitrogen and oxygen atoms in total. The molecule has 3 atom stereocenters. The number of nitrogens with two attached hydrogens (primary N) is 2. The van der Waals surface area contributed by atoms with E-state index in [1.165, 1.54) is 0 Å². The Bertz CT molecular complexity index is 1040. The van der Waals surface area contributed by atoms with Gasteiger partial charge < -0.3 is 37.5 Å². The Balaban J connectivity index is 2.16. The SMILES string of the molecule is NC(=O)CC(N)C(=O)NC(CS)C(=O)NC(Cc1c[nH]c2ccccc12)C(=O)NCC(=O)O. The van der Waals surface area contributed by atoms with Gasteiger partial charge in [-0.2, -0.15) is 12.6 Å². The van der Waals surface area contributed by atoms with Gasteiger partial charge in [0.15, 0.2) is 0 Å². The number of carbonyl (C=O) groups excluding carboxylic acids is 4. The number of fused-ring (bicyclic) bond motifs is 1. The van der Waals surface area contributed by atoms with Crippen molar-refractivity contribution in [3.63, 3.8) is 0 Å². The van der Waals surface area contributed by atoms with Crippen LogP contribution in [0.1, 0.15) is 12.0 Å². The van der Waals surface area contributed by atoms with Crippen LogP contribution in [-0.2, 0) is 30.4 Å². The van der Waals surface area contributed by atoms with Gasteiger partial charge in [0, 0.05) is 29.3 Å². The Morgan fingerprint density at radius 3 is 2.33 bits per heavy atom. The van der Waals surface area contributed by atoms with Gasteiger partial charge in [0.2, 0.25) is 23.6 Å². The van der Waals surface area contributed by atoms with E-state index >= 15 is 0 Å². The molecule has 2 aromatic rings. The van der Waals surface area contributed by atoms with E-state index in [9.17, 15) is 24.0 Å². The molecule has 0 radical (unpaired) electrons. The van der Waals surface area contributed by atoms with Crippen LogP contribution in [0.4, 0.5) is 0 Å². The lowest BCUT2D eigenvalue weighted by molar-refractivity contribution is -0.138. The number of aromatic amines is 1. The van der Waals surface area contributed by atoms with E-state index in [0.29, 0.717) is 0 Å². The average molecular weight is 479 g/mol. The number of para-hydroxylation sites is 1. The van der Waals surface area contributed by atoms with Crippen molar-refractivity contribution in [2.24, 2.45) is 11.5 Å². The Kier molecular flexibility index (Phi) is 9.24. The molecule has 13 heteroatoms. The summed E-state index contributed by atoms with van der Waals surface area (Å²) < 4.78 is 0. The molecular weight excluding hydrogens is 452 g/mol. The fourth-order valence-electron chi connectivity index (χ4n) is 3.07. The normalized spacial score (nSPS) is 13.5. The first-order chi connectivity index (χ1) is 15.6. The van der Waals surface area contributed by atoms with Crippen LogP contribution in [0.25, 0.3) is 10.9 Å². The molecule has 178 valence electrons. The van der Waals surface area contributed by atoms with E-state index in [1.807, 2.05) is 24.3 Å². The highest BCUT2D eigenvalue weighted by Crippen LogP contribution is 2.19. The monoisotopic (exact) mass is 478 g/mol. The van der Waals surface area contributed by atoms with Crippen LogP contribution in [-0.4, -0.2) is 70.1 Å². The third-order valence-electron chi connectivity index (χ3n) is 4.72. The zero-order valence-electron chi connectivity index (χ0n) is 17.5. The van der Waals surface area contributed by atoms with Crippen molar-refractivity contribution < 1.29 is 29.1 Å². The summed E-state index contributed by atoms with van der Waals surface area (Å²) in [7, 11) is 0. The Labute approximate surface area is 194 Å². The second-order valence-corrected chi connectivity index (χ2v) is 7.62. The molecule has 1 aromatic heterocycles. The number of primary amides is 1. The van der Waals surface area contributed by atoms with E-state index in [4.69, 9.17) is 16.6 Å². The van der Waals surface area contributed by atoms with E-state index in [2.05, 4.69) is 33.6 Å². The quantitative estimate of drug-likeness (QED) is 0.161. The summed E-state index contributed by atoms with van der Waals surface area (Å²) in [5.74, 6) is -4.39. The average Bonchev–Trinajstić information content (AvgIpc) is 3.17. The molecule has 0 aliphatic rings. The summed E-state index contributed by atoms with van der Waals surface area (Å²) in [6.45, 7) is -0.631. The Morgan fingerprint density at radius 2 is 1.70 bits per heavy atom. The van der Waals surface area contributed by atoms with Crippen LogP contribution in [0.5, 0.6) is 0 Å². The number of thiol groups is 1. The number of carboxylic acid groups (broad SMARTS) is 1. The maximum absolute atomic E-state index is 12.8. The molecule has 0 spiro atoms. The molecule has 2 rings (SSSR count). The second-order valence-electron chi connectivity index (χ2n) is 7.26. The minimum Gasteiger partial charge on any atom is -0.480 e. The Hall–Kier alpha value is -3.58. The van der Waals surface area contributed by atoms with Crippen molar-refractivity contribution in [2.45, 2.75) is 31.0 Å². The van der Waals surface area contributed by atoms with Gasteiger partial charge in [0.25, 0.3) is 0 Å². The topological polar surface area (TPSA) is 209 Å². The van der Waals surface area contributed by atoms with Crippen LogP contribution in [0.15, 0.2) is 30.5 Å². The number of aliphatic carboxylic acids is 1. The van der Waals surface area contributed by atoms with Gasteiger partial charge in [-0.3, -0.25) is 24.0 Å². The Morgan fingerprint density at radius 1 is 1.03 bits per heavy atom. The predicted molar refractivity (Wildman–Crippen MR) is 122 cm³/mol. The fourth-order valence-corrected chi connectivity index (χ4v) is 3.33. The number of benzene rings is 1. The molecule has 0 bridgehead atoms. The van der Waals surface area contributed by atoms with Gasteiger partial charge in [-0.15, -0.1) is 0 Å². The minimum absolute atomic E-state index is 0.0512. The highest BCUT2D eigenvalue weighted by Gasteiger charge is 2.28. The van der Waals surface area contributed by atoms with Crippen molar-refractivity contribution in [1.29, 1.82) is 0 Å². The number of hydrogen-bond acceptors (Lipinski definition) is 7. The first kappa shape index (κ1) is 25.7. The standard InChI is InChI=1S/C20H26N6O6S/c21-12(6-16(22)27)18(30)26-15(9-33)20(32)25-14(19(31)24-8-17(28)29)5-10-7-23-13-4-2-1-3-11(10)13/h1-4,7,12,14-15,23,33H,5-6,8-9,21H2,(H2,22,27)(H,24,31)(H,25,32)(H,26,30)(H,28,29). The van der Waals surface area contributed by atoms with Crippen LogP contribution >= 0.6 is 12.6 Å². The van der Waals surface area contributed by atoms with Crippen molar-refractivity contribution in [2.75, 3.05) is 12.3 Å². The van der Waals surface area contributed by atoms with Crippen LogP contribution in [0, 0.1) is 0 Å². The van der Waals surface area contributed by atoms with Crippen molar-refractivity contribution in [3.05, 3.63) is 36.0 Å². The predicted octanol–water partition coefficient (Wildman–Crippen LogP) is -1.99. The summed E-state index contributed by atoms with van der Waals surface area (Å²) in [6.07, 6.45) is 1.33. The van der Waals surface area contributed by atoms with Crippen LogP contribution in [0.3, 0.4) is 0 Å². The number of amides is 4. The first-order valence-electron chi connectivity index (χ1n) is 9.92. The lowest BCUT2D eigenvalue weighted by atomic mass is 10.0. The first-order valence-corrected chi connectivity index (χ1v) is 10.6. The maximum atomic E-state index is 12.8. The summed E-state index contributed by atoms with van der Waals surface area (Å²) in [5.41, 5.74) is 12.2. The molecule has 0 saturated heterocycles. The van der Waals surface area contributed by atoms with E-state index in [0.717, 1.165) is 16.5 Å². The maximum Gasteiger partial charge on any atom is 0.322 e. The summed E-state index contributed by atoms with van der Waals surface area (Å²) in [5, 5.41) is 16.8. The molecule has 4 amide bonds. The molecule has 0 fully saturated rings. The van der Waals surface area contributed by atoms with Gasteiger partial charge in [0.05, 0.1) is 12.5 Å². The number of rotatable bonds is 12. The van der Waals surface area contributed by atoms with Crippen molar-refractivity contribution in [3.8, 4) is 0 Å². The number of H-pyrrole nitrogens is 1. The van der Waals surface area contributed by atoms with Gasteiger partial charge in [-0.1, -0.05) is 18.2 Å². The lowest BCUT2D eigenvalue weighted by Crippen LogP contribution is -2.57. The molecule has 0 aliphatic carbocycles. The molecule has 0 aliphatic heterocycles. The van der Waals surface area contributed by atoms with E-state index in [-0.39, 0.29) is 12.2 Å². The second kappa shape index (κ2) is 11.9. The van der Waals surface area contributed by atoms with Crippen molar-refractivity contribution in [1.82, 2.24) is 20.9 Å². The molecule has 9 N–H and O–H groups in total. The molecule has 3 unspecified atom stereocenters. The minimum atomic E-state index is -1.25. The lowest BCUT2D eigenvalue weighted by Gasteiger charge is -2.23. The fraction of sp³-hybridized carbons (Fsp3) is 0.350. The largest absolute Gasteiger partial charge is 0.480 e. The van der Waals surface area contributed by atoms with Gasteiger partial charge >= 0.3 is 5.97 Å². The number of nitrogens with one attached hydrogen (secondary N) is 4. The zero-order chi connectivity index (χ0) is 24.5. The smallest absolute Gasteiger partial charge is 0.322 e. The van der Waals surface area contributed by atoms with Gasteiger partial charge in [-0.25, -0.2) is 0 Å². The van der Waals surface area contributed by atoms with E-state index < -0.39 is 60.7 Å². The molecule has 33 heavy (non-hydrogen) atoms. The van der Waals surface area contributed by atoms with Crippen LogP contribution < -0.4 is 27.4 Å². The van der Waals surface area contributed by atoms with Crippen LogP contribution in [0.2, 0.25) is 0 Å².